The predicted molar refractivity (Wildman–Crippen MR) is 475 cm³/mol. The van der Waals surface area contributed by atoms with Crippen molar-refractivity contribution in [3.8, 4) is 0 Å². The van der Waals surface area contributed by atoms with Gasteiger partial charge in [-0.25, -0.2) is 46.7 Å². The van der Waals surface area contributed by atoms with Crippen molar-refractivity contribution >= 4 is 157 Å². The summed E-state index contributed by atoms with van der Waals surface area (Å²) in [7, 11) is 1.37. The molecule has 6 N–H and O–H groups in total. The van der Waals surface area contributed by atoms with E-state index in [1.54, 1.807) is 110 Å². The van der Waals surface area contributed by atoms with Crippen LogP contribution in [0.2, 0.25) is 15.1 Å². The van der Waals surface area contributed by atoms with E-state index in [0.717, 1.165) is 227 Å². The number of primary amides is 1. The zero-order chi connectivity index (χ0) is 85.4. The van der Waals surface area contributed by atoms with E-state index in [9.17, 15) is 31.5 Å². The molecule has 0 unspecified atom stereocenters. The molecule has 4 fully saturated rings. The Bertz CT molecular complexity index is 6350. The highest BCUT2D eigenvalue weighted by molar-refractivity contribution is 6.42. The molecule has 8 aromatic carbocycles. The lowest BCUT2D eigenvalue weighted by molar-refractivity contribution is 0.0600. The van der Waals surface area contributed by atoms with Gasteiger partial charge in [-0.05, 0) is 179 Å². The van der Waals surface area contributed by atoms with Crippen molar-refractivity contribution in [1.29, 1.82) is 0 Å². The Balaban J connectivity index is 0.000000116. The van der Waals surface area contributed by atoms with Gasteiger partial charge in [0.1, 0.15) is 52.4 Å². The summed E-state index contributed by atoms with van der Waals surface area (Å²) >= 11 is 18.1. The molecule has 32 heteroatoms. The fraction of sp³-hybridized carbons (Fsp3) is 0.275. The number of amides is 1. The number of imidazole rings is 4. The molecule has 4 atom stereocenters. The van der Waals surface area contributed by atoms with Gasteiger partial charge in [-0.2, -0.15) is 0 Å². The Morgan fingerprint density at radius 3 is 0.943 bits per heavy atom. The summed E-state index contributed by atoms with van der Waals surface area (Å²) in [6.07, 6.45) is 7.11. The van der Waals surface area contributed by atoms with Gasteiger partial charge in [-0.1, -0.05) is 34.8 Å². The third kappa shape index (κ3) is 17.8. The molecule has 0 spiro atoms. The Labute approximate surface area is 718 Å². The normalized spacial score (nSPS) is 16.2. The van der Waals surface area contributed by atoms with Crippen molar-refractivity contribution in [2.45, 2.75) is 51.9 Å². The number of esters is 1. The number of pyridine rings is 4. The molecule has 20 rings (SSSR count). The van der Waals surface area contributed by atoms with Crippen molar-refractivity contribution in [2.24, 2.45) is 5.73 Å². The van der Waals surface area contributed by atoms with E-state index >= 15 is 0 Å². The van der Waals surface area contributed by atoms with Gasteiger partial charge in [0, 0.05) is 185 Å². The van der Waals surface area contributed by atoms with Gasteiger partial charge in [-0.15, -0.1) is 0 Å². The first kappa shape index (κ1) is 83.1. The van der Waals surface area contributed by atoms with Crippen molar-refractivity contribution in [3.05, 3.63) is 261 Å². The van der Waals surface area contributed by atoms with Gasteiger partial charge in [0.05, 0.1) is 118 Å². The van der Waals surface area contributed by atoms with Crippen LogP contribution in [0.4, 0.5) is 44.7 Å². The highest BCUT2D eigenvalue weighted by atomic mass is 35.5. The molecule has 0 bridgehead atoms. The Hall–Kier alpha value is -12.2. The number of anilines is 4. The summed E-state index contributed by atoms with van der Waals surface area (Å²) in [5.41, 5.74) is 19.9. The fourth-order valence-corrected chi connectivity index (χ4v) is 17.4. The molecule has 4 aliphatic heterocycles. The number of halogens is 8. The van der Waals surface area contributed by atoms with E-state index in [1.165, 1.54) is 37.4 Å². The van der Waals surface area contributed by atoms with Crippen LogP contribution < -0.4 is 25.3 Å². The Kier molecular flexibility index (Phi) is 24.1. The van der Waals surface area contributed by atoms with E-state index in [1.807, 2.05) is 42.5 Å². The second-order valence-corrected chi connectivity index (χ2v) is 32.4. The van der Waals surface area contributed by atoms with E-state index in [2.05, 4.69) is 112 Å². The summed E-state index contributed by atoms with van der Waals surface area (Å²) in [4.78, 5) is 91.3. The third-order valence-corrected chi connectivity index (χ3v) is 24.9. The third-order valence-electron chi connectivity index (χ3n) is 23.9. The maximum atomic E-state index is 13.8. The van der Waals surface area contributed by atoms with Crippen molar-refractivity contribution in [2.75, 3.05) is 131 Å². The molecule has 8 aromatic heterocycles. The number of ether oxygens (including phenoxy) is 1. The number of hydrogen-bond donors (Lipinski definition) is 5. The number of nitrogens with two attached hydrogens (primary N) is 1. The highest BCUT2D eigenvalue weighted by Crippen LogP contribution is 2.37. The molecule has 0 saturated carbocycles. The van der Waals surface area contributed by atoms with E-state index in [-0.39, 0.29) is 58.4 Å². The van der Waals surface area contributed by atoms with Crippen LogP contribution in [-0.4, -0.2) is 203 Å². The smallest absolute Gasteiger partial charge is 0.337 e. The molecule has 123 heavy (non-hydrogen) atoms. The number of hydrogen-bond acceptors (Lipinski definition) is 19. The van der Waals surface area contributed by atoms with E-state index in [0.29, 0.717) is 32.2 Å². The number of aromatic nitrogens is 12. The Morgan fingerprint density at radius 2 is 0.618 bits per heavy atom. The highest BCUT2D eigenvalue weighted by Gasteiger charge is 2.31. The van der Waals surface area contributed by atoms with Crippen LogP contribution in [0, 0.1) is 29.1 Å². The number of nitrogens with one attached hydrogen (secondary N) is 4. The number of nitrogens with zero attached hydrogens (tertiary/aromatic N) is 16. The molecule has 0 radical (unpaired) electrons. The second kappa shape index (κ2) is 35.7. The first-order valence-electron chi connectivity index (χ1n) is 40.7. The van der Waals surface area contributed by atoms with Gasteiger partial charge in [0.25, 0.3) is 0 Å². The molecule has 4 aliphatic rings. The average molecular weight is 1720 g/mol. The van der Waals surface area contributed by atoms with Gasteiger partial charge < -0.3 is 50.0 Å². The van der Waals surface area contributed by atoms with Crippen LogP contribution in [0.1, 0.15) is 95.9 Å². The molecule has 4 saturated heterocycles. The maximum absolute atomic E-state index is 13.8. The summed E-state index contributed by atoms with van der Waals surface area (Å²) in [5, 5.41) is 4.45. The van der Waals surface area contributed by atoms with Crippen molar-refractivity contribution in [3.63, 3.8) is 0 Å². The van der Waals surface area contributed by atoms with Gasteiger partial charge in [-0.3, -0.25) is 44.3 Å². The first-order chi connectivity index (χ1) is 59.5. The number of piperazine rings is 4. The zero-order valence-corrected chi connectivity index (χ0v) is 70.2. The van der Waals surface area contributed by atoms with Crippen LogP contribution in [0.25, 0.3) is 87.7 Å². The molecular formula is C91H87Cl3F5N21O3. The predicted octanol–water partition coefficient (Wildman–Crippen LogP) is 17.5. The first-order valence-corrected chi connectivity index (χ1v) is 41.8. The average Bonchev–Trinajstić information content (AvgIpc) is 1.40. The van der Waals surface area contributed by atoms with Crippen LogP contribution in [-0.2, 0) is 4.74 Å². The van der Waals surface area contributed by atoms with Crippen LogP contribution in [0.5, 0.6) is 0 Å². The number of aromatic amines is 4. The van der Waals surface area contributed by atoms with Crippen molar-refractivity contribution < 1.29 is 36.3 Å². The van der Waals surface area contributed by atoms with E-state index < -0.39 is 11.7 Å². The minimum atomic E-state index is -0.457. The summed E-state index contributed by atoms with van der Waals surface area (Å²) in [6, 6.07) is 44.2. The topological polar surface area (TPSA) is 262 Å². The number of methoxy groups -OCH3 is 1. The second-order valence-electron chi connectivity index (χ2n) is 31.1. The minimum absolute atomic E-state index is 0.0491. The van der Waals surface area contributed by atoms with Gasteiger partial charge in [0.15, 0.2) is 0 Å². The maximum Gasteiger partial charge on any atom is 0.337 e. The summed E-state index contributed by atoms with van der Waals surface area (Å²) in [5.74, 6) is 1.14. The molecule has 12 heterocycles. The van der Waals surface area contributed by atoms with Crippen LogP contribution in [0.3, 0.4) is 0 Å². The quantitative estimate of drug-likeness (QED) is 0.0500. The molecule has 0 aliphatic carbocycles. The zero-order valence-electron chi connectivity index (χ0n) is 67.9. The lowest BCUT2D eigenvalue weighted by Gasteiger charge is -2.38. The number of H-pyrrole nitrogens is 4. The molecule has 630 valence electrons. The molecule has 16 aromatic rings. The number of rotatable bonds is 14. The monoisotopic (exact) mass is 1720 g/mol. The van der Waals surface area contributed by atoms with Crippen LogP contribution >= 0.6 is 34.8 Å². The number of carbonyl (C=O) groups excluding carboxylic acids is 2. The van der Waals surface area contributed by atoms with Gasteiger partial charge in [0.2, 0.25) is 5.91 Å². The van der Waals surface area contributed by atoms with Crippen LogP contribution in [0.15, 0.2) is 183 Å². The molecular weight excluding hydrogens is 1640 g/mol. The lowest BCUT2D eigenvalue weighted by atomic mass is 10.1. The van der Waals surface area contributed by atoms with E-state index in [4.69, 9.17) is 60.2 Å². The molecule has 1 amide bonds. The number of fused-ring (bicyclic) bond motifs is 8. The minimum Gasteiger partial charge on any atom is -0.465 e. The Morgan fingerprint density at radius 1 is 0.341 bits per heavy atom. The lowest BCUT2D eigenvalue weighted by Crippen LogP contribution is -2.47. The SMILES string of the molecule is COC(=O)c1ccc2nc([C@@H](C)N3CCN(c4ccnc5ccc(F)cc45)CC3)[nH]c2c1.C[C@H](c1nc2cc(Cl)c(Cl)cc2[nH]1)N1CCN(c2ccnc3ccc(F)cc23)CC1.C[C@H](c1nc2cc(Cl)c(F)cc2[nH]1)N1CCN(c2ccnc3ccc(F)cc23)CC1.C[C@H](c1nc2ccc(C(N)=O)cc2[nH]1)N1CCN(c2ccnc3ccc(F)cc23)CC1. The molecule has 24 nitrogen and oxygen atoms in total. The number of carbonyl (C=O) groups is 2. The summed E-state index contributed by atoms with van der Waals surface area (Å²) < 4.78 is 73.7. The largest absolute Gasteiger partial charge is 0.465 e. The standard InChI is InChI=1S/C24H24FN5O2.C23H23FN6O.C22H20Cl2FN5.C22H20ClF2N5/c1-15(23-27-20-5-3-16(24(31)32-2)13-21(20)28-23)29-9-11-30(12-10-29)22-7-8-26-19-6-4-17(25)14-18(19)22;1-14(23-27-19-4-2-15(22(25)31)12-20(19)28-23)29-8-10-30(11-9-29)21-6-7-26-18-5-3-16(24)13-17(18)21;1-13(22-27-19-11-16(23)17(24)12-20(19)28-22)29-6-8-30(9-7-29)21-4-5-26-18-3-2-14(25)10-15(18)21;1-13(22-27-19-11-16(23)17(25)12-20(19)28-22)29-6-8-30(9-7-29)21-4-5-26-18-3-2-14(24)10-15(18)21/h3-8,13-15H,9-12H2,1-2H3,(H,27,28);2-7,12-14H,8-11H2,1H3,(H2,25,31)(H,27,28);2*2-5,10-13H,6-9H2,1H3,(H,27,28)/t15-;14-;2*13-/m1111/s1. The van der Waals surface area contributed by atoms with Gasteiger partial charge >= 0.3 is 5.97 Å². The number of benzene rings is 8. The van der Waals surface area contributed by atoms with Crippen molar-refractivity contribution in [1.82, 2.24) is 79.4 Å². The summed E-state index contributed by atoms with van der Waals surface area (Å²) in [6.45, 7) is 21.9. The fourth-order valence-electron chi connectivity index (χ4n) is 16.9.